The van der Waals surface area contributed by atoms with E-state index in [0.29, 0.717) is 22.4 Å². The second-order valence-electron chi connectivity index (χ2n) is 8.73. The number of benzene rings is 2. The van der Waals surface area contributed by atoms with Gasteiger partial charge in [-0.1, -0.05) is 41.2 Å². The fourth-order valence-electron chi connectivity index (χ4n) is 4.27. The van der Waals surface area contributed by atoms with Crippen molar-refractivity contribution in [2.75, 3.05) is 18.6 Å². The molecule has 10 heteroatoms. The highest BCUT2D eigenvalue weighted by Crippen LogP contribution is 2.44. The zero-order valence-corrected chi connectivity index (χ0v) is 22.3. The summed E-state index contributed by atoms with van der Waals surface area (Å²) in [6.07, 6.45) is 0. The number of hydrogen-bond donors (Lipinski definition) is 1. The lowest BCUT2D eigenvalue weighted by Gasteiger charge is -2.23. The third kappa shape index (κ3) is 4.70. The van der Waals surface area contributed by atoms with Crippen molar-refractivity contribution in [3.8, 4) is 0 Å². The number of rotatable bonds is 6. The number of thiazole rings is 1. The fraction of sp³-hybridized carbons (Fsp3) is 0.250. The Hall–Kier alpha value is -4.31. The van der Waals surface area contributed by atoms with Gasteiger partial charge in [-0.25, -0.2) is 14.6 Å². The summed E-state index contributed by atoms with van der Waals surface area (Å²) in [5, 5.41) is 11.5. The number of carbonyl (C=O) groups excluding carboxylic acids is 4. The first-order valence-corrected chi connectivity index (χ1v) is 12.6. The van der Waals surface area contributed by atoms with Crippen molar-refractivity contribution in [1.29, 1.82) is 0 Å². The number of anilines is 1. The predicted octanol–water partition coefficient (Wildman–Crippen LogP) is 4.66. The summed E-state index contributed by atoms with van der Waals surface area (Å²) >= 11 is 0.925. The van der Waals surface area contributed by atoms with E-state index in [2.05, 4.69) is 4.98 Å². The molecule has 1 saturated heterocycles. The fourth-order valence-corrected chi connectivity index (χ4v) is 5.26. The van der Waals surface area contributed by atoms with E-state index < -0.39 is 29.7 Å². The molecule has 1 aliphatic rings. The molecule has 38 heavy (non-hydrogen) atoms. The van der Waals surface area contributed by atoms with E-state index >= 15 is 0 Å². The van der Waals surface area contributed by atoms with Gasteiger partial charge >= 0.3 is 17.8 Å². The van der Waals surface area contributed by atoms with Gasteiger partial charge in [0, 0.05) is 5.56 Å². The van der Waals surface area contributed by atoms with Crippen LogP contribution in [0, 0.1) is 20.8 Å². The molecule has 0 spiro atoms. The number of aromatic nitrogens is 1. The zero-order valence-electron chi connectivity index (χ0n) is 21.5. The van der Waals surface area contributed by atoms with E-state index in [1.165, 1.54) is 24.1 Å². The number of ketones is 1. The molecule has 1 aromatic heterocycles. The van der Waals surface area contributed by atoms with Gasteiger partial charge in [-0.15, -0.1) is 0 Å². The molecule has 2 heterocycles. The molecule has 4 rings (SSSR count). The molecule has 9 nitrogen and oxygen atoms in total. The van der Waals surface area contributed by atoms with E-state index in [1.807, 2.05) is 19.1 Å². The zero-order chi connectivity index (χ0) is 27.7. The molecule has 0 radical (unpaired) electrons. The monoisotopic (exact) mass is 534 g/mol. The van der Waals surface area contributed by atoms with Crippen LogP contribution in [0.3, 0.4) is 0 Å². The second-order valence-corrected chi connectivity index (χ2v) is 9.71. The summed E-state index contributed by atoms with van der Waals surface area (Å²) in [5.74, 6) is -3.25. The Labute approximate surface area is 223 Å². The van der Waals surface area contributed by atoms with E-state index in [0.717, 1.165) is 16.9 Å². The highest BCUT2D eigenvalue weighted by Gasteiger charge is 2.48. The van der Waals surface area contributed by atoms with Gasteiger partial charge in [0.1, 0.15) is 10.6 Å². The molecule has 1 atom stereocenters. The van der Waals surface area contributed by atoms with Gasteiger partial charge in [0.15, 0.2) is 5.13 Å². The number of aryl methyl sites for hydroxylation is 3. The number of esters is 2. The number of Topliss-reactive ketones (excluding diaryl/α,β-unsaturated/α-hetero) is 1. The SMILES string of the molecule is CCOC(=O)c1sc(N2C(=O)C(=O)/C(=C(/O)c3cc(C)ccc3C)C2c2ccc(C(=O)OC)cc2)nc1C. The van der Waals surface area contributed by atoms with Crippen LogP contribution in [0.15, 0.2) is 48.0 Å². The quantitative estimate of drug-likeness (QED) is 0.210. The number of hydrogen-bond acceptors (Lipinski definition) is 9. The molecule has 1 N–H and O–H groups in total. The highest BCUT2D eigenvalue weighted by atomic mass is 32.1. The summed E-state index contributed by atoms with van der Waals surface area (Å²) in [6.45, 7) is 7.10. The van der Waals surface area contributed by atoms with Crippen LogP contribution in [0.1, 0.15) is 60.9 Å². The van der Waals surface area contributed by atoms with Gasteiger partial charge in [0.2, 0.25) is 0 Å². The first-order chi connectivity index (χ1) is 18.1. The number of aliphatic hydroxyl groups is 1. The molecule has 3 aromatic rings. The number of aliphatic hydroxyl groups excluding tert-OH is 1. The van der Waals surface area contributed by atoms with Crippen LogP contribution >= 0.6 is 11.3 Å². The maximum atomic E-state index is 13.4. The lowest BCUT2D eigenvalue weighted by molar-refractivity contribution is -0.132. The smallest absolute Gasteiger partial charge is 0.350 e. The Morgan fingerprint density at radius 3 is 2.37 bits per heavy atom. The van der Waals surface area contributed by atoms with Crippen LogP contribution in [0.4, 0.5) is 5.13 Å². The summed E-state index contributed by atoms with van der Waals surface area (Å²) in [5.41, 5.74) is 2.95. The third-order valence-electron chi connectivity index (χ3n) is 6.19. The van der Waals surface area contributed by atoms with Crippen molar-refractivity contribution >= 4 is 45.9 Å². The normalized spacial score (nSPS) is 16.6. The summed E-state index contributed by atoms with van der Waals surface area (Å²) < 4.78 is 9.87. The van der Waals surface area contributed by atoms with Crippen LogP contribution in [0.2, 0.25) is 0 Å². The average Bonchev–Trinajstić information content (AvgIpc) is 3.41. The molecule has 0 saturated carbocycles. The molecule has 196 valence electrons. The minimum absolute atomic E-state index is 0.106. The van der Waals surface area contributed by atoms with Crippen molar-refractivity contribution in [2.24, 2.45) is 0 Å². The van der Waals surface area contributed by atoms with Gasteiger partial charge in [-0.05, 0) is 57.0 Å². The van der Waals surface area contributed by atoms with Gasteiger partial charge in [-0.2, -0.15) is 0 Å². The first kappa shape index (κ1) is 26.7. The highest BCUT2D eigenvalue weighted by molar-refractivity contribution is 7.17. The number of amides is 1. The Balaban J connectivity index is 1.94. The Bertz CT molecular complexity index is 1490. The minimum Gasteiger partial charge on any atom is -0.507 e. The first-order valence-electron chi connectivity index (χ1n) is 11.8. The van der Waals surface area contributed by atoms with E-state index in [4.69, 9.17) is 9.47 Å². The van der Waals surface area contributed by atoms with Gasteiger partial charge < -0.3 is 14.6 Å². The van der Waals surface area contributed by atoms with Gasteiger partial charge in [0.05, 0.1) is 36.6 Å². The van der Waals surface area contributed by atoms with Crippen LogP contribution in [-0.2, 0) is 19.1 Å². The van der Waals surface area contributed by atoms with E-state index in [-0.39, 0.29) is 33.5 Å². The Morgan fingerprint density at radius 2 is 1.74 bits per heavy atom. The molecular weight excluding hydrogens is 508 g/mol. The molecule has 1 amide bonds. The molecule has 1 aliphatic heterocycles. The van der Waals surface area contributed by atoms with Crippen molar-refractivity contribution < 1.29 is 33.8 Å². The van der Waals surface area contributed by atoms with Crippen molar-refractivity contribution in [1.82, 2.24) is 4.98 Å². The molecule has 1 fully saturated rings. The van der Waals surface area contributed by atoms with Crippen LogP contribution in [-0.4, -0.2) is 47.4 Å². The van der Waals surface area contributed by atoms with Crippen molar-refractivity contribution in [2.45, 2.75) is 33.7 Å². The summed E-state index contributed by atoms with van der Waals surface area (Å²) in [6, 6.07) is 10.5. The predicted molar refractivity (Wildman–Crippen MR) is 141 cm³/mol. The standard InChI is InChI=1S/C28H26N2O7S/c1-6-37-27(35)24-16(4)29-28(38-24)30-21(17-9-11-18(12-10-17)26(34)36-5)20(23(32)25(30)33)22(31)19-13-14(2)7-8-15(19)3/h7-13,21,31H,6H2,1-5H3/b22-20+. The number of methoxy groups -OCH3 is 1. The molecule has 0 aliphatic carbocycles. The molecule has 1 unspecified atom stereocenters. The minimum atomic E-state index is -1.07. The van der Waals surface area contributed by atoms with Gasteiger partial charge in [0.25, 0.3) is 5.78 Å². The Kier molecular flexibility index (Phi) is 7.45. The maximum Gasteiger partial charge on any atom is 0.350 e. The Morgan fingerprint density at radius 1 is 1.05 bits per heavy atom. The largest absolute Gasteiger partial charge is 0.507 e. The van der Waals surface area contributed by atoms with Crippen LogP contribution in [0.5, 0.6) is 0 Å². The van der Waals surface area contributed by atoms with Gasteiger partial charge in [-0.3, -0.25) is 14.5 Å². The number of ether oxygens (including phenoxy) is 2. The van der Waals surface area contributed by atoms with Crippen molar-refractivity contribution in [3.05, 3.63) is 86.4 Å². The van der Waals surface area contributed by atoms with Crippen molar-refractivity contribution in [3.63, 3.8) is 0 Å². The number of nitrogens with zero attached hydrogens (tertiary/aromatic N) is 2. The molecular formula is C28H26N2O7S. The second kappa shape index (κ2) is 10.6. The van der Waals surface area contributed by atoms with E-state index in [9.17, 15) is 24.3 Å². The van der Waals surface area contributed by atoms with Crippen LogP contribution < -0.4 is 4.90 Å². The average molecular weight is 535 g/mol. The lowest BCUT2D eigenvalue weighted by Crippen LogP contribution is -2.29. The molecule has 2 aromatic carbocycles. The maximum absolute atomic E-state index is 13.4. The topological polar surface area (TPSA) is 123 Å². The van der Waals surface area contributed by atoms with E-state index in [1.54, 1.807) is 39.0 Å². The number of carbonyl (C=O) groups is 4. The summed E-state index contributed by atoms with van der Waals surface area (Å²) in [4.78, 5) is 57.1. The third-order valence-corrected chi connectivity index (χ3v) is 7.33. The van der Waals surface area contributed by atoms with Crippen LogP contribution in [0.25, 0.3) is 5.76 Å². The molecule has 0 bridgehead atoms. The lowest BCUT2D eigenvalue weighted by atomic mass is 9.93. The summed E-state index contributed by atoms with van der Waals surface area (Å²) in [7, 11) is 1.27.